The van der Waals surface area contributed by atoms with Gasteiger partial charge < -0.3 is 5.32 Å². The molecule has 0 spiro atoms. The molecule has 0 atom stereocenters. The summed E-state index contributed by atoms with van der Waals surface area (Å²) in [5.41, 5.74) is -0.308. The van der Waals surface area contributed by atoms with E-state index in [9.17, 15) is 18.5 Å². The fraction of sp³-hybridized carbons (Fsp3) is 0.167. The van der Waals surface area contributed by atoms with Crippen molar-refractivity contribution in [1.29, 1.82) is 0 Å². The molecule has 0 aliphatic carbocycles. The SMILES string of the molecule is CNc1cccc(S(=O)(=O)NCc2cccs2)c1[N+](=O)[O-]. The van der Waals surface area contributed by atoms with Crippen LogP contribution in [0.25, 0.3) is 0 Å². The van der Waals surface area contributed by atoms with Crippen LogP contribution in [0.1, 0.15) is 4.88 Å². The first-order valence-electron chi connectivity index (χ1n) is 5.93. The summed E-state index contributed by atoms with van der Waals surface area (Å²) in [6, 6.07) is 7.72. The summed E-state index contributed by atoms with van der Waals surface area (Å²) in [6.45, 7) is 0.0982. The maximum atomic E-state index is 12.3. The number of hydrogen-bond donors (Lipinski definition) is 2. The molecule has 0 bridgehead atoms. The number of nitro benzene ring substituents is 1. The van der Waals surface area contributed by atoms with E-state index < -0.39 is 20.6 Å². The lowest BCUT2D eigenvalue weighted by atomic mass is 10.3. The molecular formula is C12H13N3O4S2. The minimum Gasteiger partial charge on any atom is -0.383 e. The lowest BCUT2D eigenvalue weighted by molar-refractivity contribution is -0.386. The smallest absolute Gasteiger partial charge is 0.312 e. The molecule has 1 aromatic heterocycles. The number of rotatable bonds is 6. The van der Waals surface area contributed by atoms with Crippen molar-refractivity contribution in [1.82, 2.24) is 4.72 Å². The lowest BCUT2D eigenvalue weighted by Crippen LogP contribution is -2.24. The quantitative estimate of drug-likeness (QED) is 0.625. The van der Waals surface area contributed by atoms with Gasteiger partial charge in [-0.05, 0) is 23.6 Å². The van der Waals surface area contributed by atoms with E-state index in [1.54, 1.807) is 12.1 Å². The Labute approximate surface area is 125 Å². The molecule has 0 saturated heterocycles. The molecule has 7 nitrogen and oxygen atoms in total. The van der Waals surface area contributed by atoms with Crippen molar-refractivity contribution >= 4 is 32.7 Å². The van der Waals surface area contributed by atoms with Gasteiger partial charge in [0.25, 0.3) is 0 Å². The zero-order valence-corrected chi connectivity index (χ0v) is 12.7. The molecule has 0 radical (unpaired) electrons. The molecule has 2 rings (SSSR count). The Bertz CT molecular complexity index is 742. The van der Waals surface area contributed by atoms with Crippen LogP contribution in [-0.2, 0) is 16.6 Å². The summed E-state index contributed by atoms with van der Waals surface area (Å²) in [5.74, 6) is 0. The van der Waals surface area contributed by atoms with Gasteiger partial charge in [-0.25, -0.2) is 13.1 Å². The summed E-state index contributed by atoms with van der Waals surface area (Å²) in [7, 11) is -2.47. The Morgan fingerprint density at radius 3 is 2.62 bits per heavy atom. The maximum absolute atomic E-state index is 12.3. The van der Waals surface area contributed by atoms with Crippen LogP contribution in [-0.4, -0.2) is 20.4 Å². The minimum atomic E-state index is -3.97. The molecule has 1 heterocycles. The predicted octanol–water partition coefficient (Wildman–Crippen LogP) is 2.18. The summed E-state index contributed by atoms with van der Waals surface area (Å²) in [4.78, 5) is 10.9. The molecule has 9 heteroatoms. The van der Waals surface area contributed by atoms with Gasteiger partial charge in [-0.2, -0.15) is 0 Å². The third-order valence-electron chi connectivity index (χ3n) is 2.76. The summed E-state index contributed by atoms with van der Waals surface area (Å²) in [6.07, 6.45) is 0. The van der Waals surface area contributed by atoms with Gasteiger partial charge in [-0.3, -0.25) is 10.1 Å². The molecular weight excluding hydrogens is 314 g/mol. The molecule has 1 aromatic carbocycles. The molecule has 0 saturated carbocycles. The third kappa shape index (κ3) is 3.38. The van der Waals surface area contributed by atoms with Gasteiger partial charge in [-0.1, -0.05) is 12.1 Å². The number of anilines is 1. The predicted molar refractivity (Wildman–Crippen MR) is 81.0 cm³/mol. The molecule has 0 aliphatic heterocycles. The van der Waals surface area contributed by atoms with Crippen LogP contribution in [0.4, 0.5) is 11.4 Å². The Morgan fingerprint density at radius 2 is 2.05 bits per heavy atom. The van der Waals surface area contributed by atoms with Gasteiger partial charge in [-0.15, -0.1) is 11.3 Å². The highest BCUT2D eigenvalue weighted by Crippen LogP contribution is 2.31. The van der Waals surface area contributed by atoms with E-state index in [0.717, 1.165) is 4.88 Å². The first-order valence-corrected chi connectivity index (χ1v) is 8.29. The van der Waals surface area contributed by atoms with E-state index in [1.807, 2.05) is 5.38 Å². The van der Waals surface area contributed by atoms with E-state index in [1.165, 1.54) is 36.6 Å². The average Bonchev–Trinajstić information content (AvgIpc) is 2.97. The molecule has 0 aliphatic rings. The highest BCUT2D eigenvalue weighted by Gasteiger charge is 2.28. The topological polar surface area (TPSA) is 101 Å². The normalized spacial score (nSPS) is 11.3. The lowest BCUT2D eigenvalue weighted by Gasteiger charge is -2.09. The first-order chi connectivity index (χ1) is 9.95. The Balaban J connectivity index is 2.37. The second-order valence-corrected chi connectivity index (χ2v) is 6.83. The zero-order chi connectivity index (χ0) is 15.5. The second-order valence-electron chi connectivity index (χ2n) is 4.06. The molecule has 21 heavy (non-hydrogen) atoms. The third-order valence-corrected chi connectivity index (χ3v) is 5.07. The number of para-hydroxylation sites is 1. The second kappa shape index (κ2) is 6.20. The van der Waals surface area contributed by atoms with Gasteiger partial charge >= 0.3 is 5.69 Å². The van der Waals surface area contributed by atoms with Gasteiger partial charge in [0.1, 0.15) is 5.69 Å². The fourth-order valence-electron chi connectivity index (χ4n) is 1.79. The molecule has 0 amide bonds. The van der Waals surface area contributed by atoms with E-state index in [4.69, 9.17) is 0 Å². The first kappa shape index (κ1) is 15.4. The number of nitro groups is 1. The highest BCUT2D eigenvalue weighted by molar-refractivity contribution is 7.89. The van der Waals surface area contributed by atoms with E-state index in [-0.39, 0.29) is 17.1 Å². The van der Waals surface area contributed by atoms with Gasteiger partial charge in [0.05, 0.1) is 4.92 Å². The monoisotopic (exact) mass is 327 g/mol. The maximum Gasteiger partial charge on any atom is 0.312 e. The Kier molecular flexibility index (Phi) is 4.56. The van der Waals surface area contributed by atoms with Crippen LogP contribution >= 0.6 is 11.3 Å². The number of benzene rings is 1. The molecule has 0 unspecified atom stereocenters. The Hall–Kier alpha value is -1.97. The largest absolute Gasteiger partial charge is 0.383 e. The summed E-state index contributed by atoms with van der Waals surface area (Å²) < 4.78 is 26.9. The van der Waals surface area contributed by atoms with Crippen molar-refractivity contribution in [3.05, 3.63) is 50.7 Å². The van der Waals surface area contributed by atoms with E-state index in [0.29, 0.717) is 0 Å². The number of thiophene rings is 1. The number of hydrogen-bond acceptors (Lipinski definition) is 6. The van der Waals surface area contributed by atoms with Crippen LogP contribution in [0.3, 0.4) is 0 Å². The minimum absolute atomic E-state index is 0.0982. The van der Waals surface area contributed by atoms with Crippen molar-refractivity contribution in [3.8, 4) is 0 Å². The van der Waals surface area contributed by atoms with Crippen molar-refractivity contribution in [2.24, 2.45) is 0 Å². The summed E-state index contributed by atoms with van der Waals surface area (Å²) >= 11 is 1.40. The average molecular weight is 327 g/mol. The zero-order valence-electron chi connectivity index (χ0n) is 11.1. The highest BCUT2D eigenvalue weighted by atomic mass is 32.2. The molecule has 112 valence electrons. The number of nitrogens with zero attached hydrogens (tertiary/aromatic N) is 1. The van der Waals surface area contributed by atoms with Gasteiger partial charge in [0.2, 0.25) is 10.0 Å². The van der Waals surface area contributed by atoms with E-state index >= 15 is 0 Å². The molecule has 0 fully saturated rings. The van der Waals surface area contributed by atoms with E-state index in [2.05, 4.69) is 10.0 Å². The van der Waals surface area contributed by atoms with Crippen LogP contribution in [0.15, 0.2) is 40.6 Å². The molecule has 2 aromatic rings. The van der Waals surface area contributed by atoms with Gasteiger partial charge in [0, 0.05) is 18.5 Å². The number of sulfonamides is 1. The number of nitrogens with one attached hydrogen (secondary N) is 2. The van der Waals surface area contributed by atoms with Crippen LogP contribution < -0.4 is 10.0 Å². The standard InChI is InChI=1S/C12H13N3O4S2/c1-13-10-5-2-6-11(12(10)15(16)17)21(18,19)14-8-9-4-3-7-20-9/h2-7,13-14H,8H2,1H3. The Morgan fingerprint density at radius 1 is 1.29 bits per heavy atom. The fourth-order valence-corrected chi connectivity index (χ4v) is 3.72. The van der Waals surface area contributed by atoms with Crippen molar-refractivity contribution in [2.45, 2.75) is 11.4 Å². The van der Waals surface area contributed by atoms with Crippen LogP contribution in [0.5, 0.6) is 0 Å². The van der Waals surface area contributed by atoms with Crippen molar-refractivity contribution in [3.63, 3.8) is 0 Å². The summed E-state index contributed by atoms with van der Waals surface area (Å²) in [5, 5.41) is 15.6. The van der Waals surface area contributed by atoms with Crippen molar-refractivity contribution in [2.75, 3.05) is 12.4 Å². The van der Waals surface area contributed by atoms with Crippen LogP contribution in [0.2, 0.25) is 0 Å². The molecule has 2 N–H and O–H groups in total. The van der Waals surface area contributed by atoms with Crippen molar-refractivity contribution < 1.29 is 13.3 Å². The van der Waals surface area contributed by atoms with Crippen LogP contribution in [0, 0.1) is 10.1 Å². The van der Waals surface area contributed by atoms with Gasteiger partial charge in [0.15, 0.2) is 4.90 Å².